The van der Waals surface area contributed by atoms with Gasteiger partial charge >= 0.3 is 12.2 Å². The van der Waals surface area contributed by atoms with Crippen LogP contribution in [0.3, 0.4) is 0 Å². The number of nitrogens with one attached hydrogen (secondary N) is 1. The molecule has 1 heterocycles. The average Bonchev–Trinajstić information content (AvgIpc) is 2.84. The van der Waals surface area contributed by atoms with Crippen LogP contribution < -0.4 is 5.32 Å². The summed E-state index contributed by atoms with van der Waals surface area (Å²) >= 11 is 0. The van der Waals surface area contributed by atoms with Crippen LogP contribution >= 0.6 is 0 Å². The Labute approximate surface area is 229 Å². The minimum absolute atomic E-state index is 0.0222. The summed E-state index contributed by atoms with van der Waals surface area (Å²) in [5, 5.41) is 33.9. The normalized spacial score (nSPS) is 25.3. The maximum atomic E-state index is 13.0. The first-order valence-electron chi connectivity index (χ1n) is 14.6. The molecule has 4 N–H and O–H groups in total. The van der Waals surface area contributed by atoms with E-state index in [2.05, 4.69) is 5.32 Å². The van der Waals surface area contributed by atoms with Gasteiger partial charge in [0.15, 0.2) is 0 Å². The smallest absolute Gasteiger partial charge is 0.434 e. The molecule has 222 valence electrons. The van der Waals surface area contributed by atoms with Gasteiger partial charge in [-0.15, -0.1) is 0 Å². The lowest BCUT2D eigenvalue weighted by atomic mass is 9.93. The van der Waals surface area contributed by atoms with Gasteiger partial charge in [0.05, 0.1) is 19.3 Å². The largest absolute Gasteiger partial charge is 0.508 e. The first-order chi connectivity index (χ1) is 17.9. The van der Waals surface area contributed by atoms with Crippen LogP contribution in [0.25, 0.3) is 0 Å². The lowest BCUT2D eigenvalue weighted by Crippen LogP contribution is -2.63. The van der Waals surface area contributed by atoms with Crippen molar-refractivity contribution in [3.05, 3.63) is 0 Å². The highest BCUT2D eigenvalue weighted by atomic mass is 16.7. The van der Waals surface area contributed by atoms with E-state index in [0.29, 0.717) is 12.6 Å². The second-order valence-corrected chi connectivity index (χ2v) is 12.4. The SMILES string of the molecule is CC(C)COC(=O)O[C@H]1CN(CCCCCCN(C(=O)NC(C)(C)C)C2CCCCC2)[C@H](CO)[C@@H](O)[C@@H]1O. The highest BCUT2D eigenvalue weighted by molar-refractivity contribution is 5.75. The Hall–Kier alpha value is -1.62. The number of nitrogens with zero attached hydrogens (tertiary/aromatic N) is 2. The van der Waals surface area contributed by atoms with Gasteiger partial charge in [-0.25, -0.2) is 9.59 Å². The molecule has 0 spiro atoms. The van der Waals surface area contributed by atoms with Gasteiger partial charge in [-0.3, -0.25) is 4.90 Å². The quantitative estimate of drug-likeness (QED) is 0.218. The molecule has 0 aromatic carbocycles. The first-order valence-corrected chi connectivity index (χ1v) is 14.6. The summed E-state index contributed by atoms with van der Waals surface area (Å²) in [6.45, 7) is 11.3. The predicted octanol–water partition coefficient (Wildman–Crippen LogP) is 3.27. The fraction of sp³-hybridized carbons (Fsp3) is 0.929. The molecule has 10 heteroatoms. The first kappa shape index (κ1) is 32.6. The van der Waals surface area contributed by atoms with Crippen LogP contribution in [-0.2, 0) is 9.47 Å². The third-order valence-electron chi connectivity index (χ3n) is 7.33. The number of aliphatic hydroxyl groups is 3. The molecule has 1 aliphatic heterocycles. The molecule has 2 rings (SSSR count). The van der Waals surface area contributed by atoms with E-state index in [9.17, 15) is 24.9 Å². The van der Waals surface area contributed by atoms with Gasteiger partial charge in [-0.05, 0) is 58.9 Å². The van der Waals surface area contributed by atoms with Crippen LogP contribution in [0.1, 0.15) is 92.4 Å². The van der Waals surface area contributed by atoms with Gasteiger partial charge in [0.25, 0.3) is 0 Å². The summed E-state index contributed by atoms with van der Waals surface area (Å²) in [6, 6.07) is -0.296. The Morgan fingerprint density at radius 3 is 2.29 bits per heavy atom. The molecule has 1 saturated carbocycles. The van der Waals surface area contributed by atoms with E-state index in [0.717, 1.165) is 45.1 Å². The number of unbranched alkanes of at least 4 members (excludes halogenated alkanes) is 3. The summed E-state index contributed by atoms with van der Waals surface area (Å²) in [7, 11) is 0. The van der Waals surface area contributed by atoms with E-state index >= 15 is 0 Å². The van der Waals surface area contributed by atoms with E-state index in [1.54, 1.807) is 0 Å². The van der Waals surface area contributed by atoms with E-state index in [1.807, 2.05) is 44.4 Å². The highest BCUT2D eigenvalue weighted by Gasteiger charge is 2.43. The van der Waals surface area contributed by atoms with Crippen molar-refractivity contribution < 1.29 is 34.4 Å². The number of aliphatic hydroxyl groups excluding tert-OH is 3. The molecule has 0 aromatic heterocycles. The van der Waals surface area contributed by atoms with Gasteiger partial charge in [0.2, 0.25) is 0 Å². The number of rotatable bonds is 12. The van der Waals surface area contributed by atoms with Crippen LogP contribution in [0.4, 0.5) is 9.59 Å². The minimum Gasteiger partial charge on any atom is -0.434 e. The number of carbonyl (C=O) groups excluding carboxylic acids is 2. The fourth-order valence-electron chi connectivity index (χ4n) is 5.30. The zero-order chi connectivity index (χ0) is 28.3. The number of hydrogen-bond acceptors (Lipinski definition) is 8. The van der Waals surface area contributed by atoms with Crippen LogP contribution in [0.15, 0.2) is 0 Å². The molecule has 0 bridgehead atoms. The monoisotopic (exact) mass is 543 g/mol. The summed E-state index contributed by atoms with van der Waals surface area (Å²) in [6.07, 6.45) is 5.01. The Kier molecular flexibility index (Phi) is 13.6. The number of amides is 2. The van der Waals surface area contributed by atoms with Crippen molar-refractivity contribution in [2.75, 3.05) is 32.8 Å². The highest BCUT2D eigenvalue weighted by Crippen LogP contribution is 2.25. The van der Waals surface area contributed by atoms with Crippen molar-refractivity contribution in [3.63, 3.8) is 0 Å². The molecule has 0 aromatic rings. The number of likely N-dealkylation sites (tertiary alicyclic amines) is 1. The summed E-state index contributed by atoms with van der Waals surface area (Å²) in [5.41, 5.74) is -0.271. The van der Waals surface area contributed by atoms with E-state index < -0.39 is 30.5 Å². The molecule has 0 radical (unpaired) electrons. The molecule has 2 aliphatic rings. The second kappa shape index (κ2) is 15.8. The lowest BCUT2D eigenvalue weighted by Gasteiger charge is -2.44. The average molecular weight is 544 g/mol. The second-order valence-electron chi connectivity index (χ2n) is 12.4. The zero-order valence-corrected chi connectivity index (χ0v) is 24.2. The summed E-state index contributed by atoms with van der Waals surface area (Å²) in [5.74, 6) is 0.155. The van der Waals surface area contributed by atoms with E-state index in [1.165, 1.54) is 19.3 Å². The molecule has 1 saturated heterocycles. The lowest BCUT2D eigenvalue weighted by molar-refractivity contribution is -0.152. The Balaban J connectivity index is 1.82. The zero-order valence-electron chi connectivity index (χ0n) is 24.2. The maximum Gasteiger partial charge on any atom is 0.508 e. The Morgan fingerprint density at radius 2 is 1.68 bits per heavy atom. The topological polar surface area (TPSA) is 132 Å². The molecule has 38 heavy (non-hydrogen) atoms. The van der Waals surface area contributed by atoms with Crippen LogP contribution in [0.5, 0.6) is 0 Å². The third-order valence-corrected chi connectivity index (χ3v) is 7.33. The van der Waals surface area contributed by atoms with Gasteiger partial charge in [0, 0.05) is 24.7 Å². The molecule has 2 amide bonds. The van der Waals surface area contributed by atoms with Crippen molar-refractivity contribution in [2.45, 2.75) is 128 Å². The number of hydrogen-bond donors (Lipinski definition) is 4. The number of carbonyl (C=O) groups is 2. The van der Waals surface area contributed by atoms with E-state index in [-0.39, 0.29) is 37.2 Å². The molecular weight excluding hydrogens is 490 g/mol. The third kappa shape index (κ3) is 10.9. The molecule has 2 fully saturated rings. The van der Waals surface area contributed by atoms with Gasteiger partial charge < -0.3 is 35.0 Å². The van der Waals surface area contributed by atoms with Crippen LogP contribution in [0, 0.1) is 5.92 Å². The molecular formula is C28H53N3O7. The Morgan fingerprint density at radius 1 is 1.03 bits per heavy atom. The summed E-state index contributed by atoms with van der Waals surface area (Å²) < 4.78 is 10.4. The van der Waals surface area contributed by atoms with Crippen LogP contribution in [0.2, 0.25) is 0 Å². The molecule has 0 unspecified atom stereocenters. The minimum atomic E-state index is -1.29. The van der Waals surface area contributed by atoms with Gasteiger partial charge in [0.1, 0.15) is 18.3 Å². The van der Waals surface area contributed by atoms with Crippen molar-refractivity contribution >= 4 is 12.2 Å². The number of urea groups is 1. The van der Waals surface area contributed by atoms with E-state index in [4.69, 9.17) is 9.47 Å². The van der Waals surface area contributed by atoms with Gasteiger partial charge in [-0.2, -0.15) is 0 Å². The molecule has 1 aliphatic carbocycles. The standard InChI is InChI=1S/C28H53N3O7/c1-20(2)19-37-27(36)38-23-17-30(22(18-32)24(33)25(23)34)15-11-6-7-12-16-31(21-13-9-8-10-14-21)26(35)29-28(3,4)5/h20-25,32-34H,6-19H2,1-5H3,(H,29,35)/t22-,23+,24-,25-/m1/s1. The van der Waals surface area contributed by atoms with Crippen LogP contribution in [-0.4, -0.2) is 106 Å². The number of piperidine rings is 1. The summed E-state index contributed by atoms with van der Waals surface area (Å²) in [4.78, 5) is 28.9. The fourth-order valence-corrected chi connectivity index (χ4v) is 5.30. The number of ether oxygens (including phenoxy) is 2. The van der Waals surface area contributed by atoms with Gasteiger partial charge in [-0.1, -0.05) is 46.0 Å². The Bertz CT molecular complexity index is 709. The molecule has 4 atom stereocenters. The van der Waals surface area contributed by atoms with Crippen molar-refractivity contribution in [2.24, 2.45) is 5.92 Å². The van der Waals surface area contributed by atoms with Crippen molar-refractivity contribution in [3.8, 4) is 0 Å². The van der Waals surface area contributed by atoms with Crippen molar-refractivity contribution in [1.29, 1.82) is 0 Å². The predicted molar refractivity (Wildman–Crippen MR) is 146 cm³/mol. The van der Waals surface area contributed by atoms with Crippen molar-refractivity contribution in [1.82, 2.24) is 15.1 Å². The maximum absolute atomic E-state index is 13.0. The molecule has 10 nitrogen and oxygen atoms in total.